The van der Waals surface area contributed by atoms with E-state index in [1.165, 1.54) is 31.2 Å². The van der Waals surface area contributed by atoms with Crippen LogP contribution in [-0.4, -0.2) is 19.6 Å². The molecule has 3 nitrogen and oxygen atoms in total. The lowest BCUT2D eigenvalue weighted by Gasteiger charge is -2.21. The third kappa shape index (κ3) is 4.28. The van der Waals surface area contributed by atoms with Crippen molar-refractivity contribution in [1.82, 2.24) is 10.6 Å². The first kappa shape index (κ1) is 17.9. The molecule has 2 saturated carbocycles. The van der Waals surface area contributed by atoms with Gasteiger partial charge in [0, 0.05) is 18.6 Å². The van der Waals surface area contributed by atoms with Gasteiger partial charge in [0.15, 0.2) is 5.96 Å². The van der Waals surface area contributed by atoms with Crippen LogP contribution < -0.4 is 10.6 Å². The van der Waals surface area contributed by atoms with Crippen LogP contribution in [0.2, 0.25) is 5.02 Å². The Bertz CT molecular complexity index is 538. The zero-order valence-electron chi connectivity index (χ0n) is 13.2. The predicted octanol–water partition coefficient (Wildman–Crippen LogP) is 4.37. The molecule has 0 saturated heterocycles. The summed E-state index contributed by atoms with van der Waals surface area (Å²) in [5.74, 6) is 1.85. The van der Waals surface area contributed by atoms with Gasteiger partial charge in [0.05, 0.1) is 6.04 Å². The number of hydrogen-bond donors (Lipinski definition) is 2. The van der Waals surface area contributed by atoms with E-state index in [0.717, 1.165) is 23.4 Å². The minimum absolute atomic E-state index is 0. The summed E-state index contributed by atoms with van der Waals surface area (Å²) in [5, 5.41) is 7.74. The Kier molecular flexibility index (Phi) is 6.00. The Hall–Kier alpha value is -0.490. The van der Waals surface area contributed by atoms with Gasteiger partial charge in [0.2, 0.25) is 0 Å². The van der Waals surface area contributed by atoms with E-state index in [4.69, 9.17) is 11.6 Å². The molecule has 0 spiro atoms. The van der Waals surface area contributed by atoms with Crippen LogP contribution in [0.5, 0.6) is 0 Å². The topological polar surface area (TPSA) is 36.4 Å². The zero-order chi connectivity index (χ0) is 14.9. The van der Waals surface area contributed by atoms with Crippen molar-refractivity contribution < 1.29 is 0 Å². The van der Waals surface area contributed by atoms with Crippen molar-refractivity contribution in [2.75, 3.05) is 13.6 Å². The van der Waals surface area contributed by atoms with Crippen molar-refractivity contribution in [3.05, 3.63) is 34.9 Å². The van der Waals surface area contributed by atoms with Gasteiger partial charge < -0.3 is 10.6 Å². The highest BCUT2D eigenvalue weighted by Gasteiger charge is 2.53. The van der Waals surface area contributed by atoms with Crippen LogP contribution in [0.15, 0.2) is 29.3 Å². The van der Waals surface area contributed by atoms with Crippen LogP contribution in [0.1, 0.15) is 44.2 Å². The van der Waals surface area contributed by atoms with Gasteiger partial charge in [-0.15, -0.1) is 24.0 Å². The van der Waals surface area contributed by atoms with Gasteiger partial charge >= 0.3 is 0 Å². The van der Waals surface area contributed by atoms with Crippen LogP contribution in [0.25, 0.3) is 0 Å². The second-order valence-electron chi connectivity index (χ2n) is 6.48. The Morgan fingerprint density at radius 3 is 2.68 bits per heavy atom. The highest BCUT2D eigenvalue weighted by atomic mass is 127. The first-order valence-electron chi connectivity index (χ1n) is 7.86. The van der Waals surface area contributed by atoms with Gasteiger partial charge in [-0.2, -0.15) is 0 Å². The average Bonchev–Trinajstić information content (AvgIpc) is 3.36. The molecule has 1 aromatic carbocycles. The van der Waals surface area contributed by atoms with Crippen molar-refractivity contribution in [1.29, 1.82) is 0 Å². The maximum absolute atomic E-state index is 6.06. The summed E-state index contributed by atoms with van der Waals surface area (Å²) in [5.41, 5.74) is 1.76. The second-order valence-corrected chi connectivity index (χ2v) is 6.92. The van der Waals surface area contributed by atoms with E-state index in [-0.39, 0.29) is 30.0 Å². The molecule has 2 aliphatic rings. The molecular weight excluding hydrogens is 409 g/mol. The maximum Gasteiger partial charge on any atom is 0.191 e. The number of benzene rings is 1. The highest BCUT2D eigenvalue weighted by molar-refractivity contribution is 14.0. The monoisotopic (exact) mass is 433 g/mol. The molecule has 0 amide bonds. The fourth-order valence-electron chi connectivity index (χ4n) is 3.10. The minimum atomic E-state index is 0. The number of nitrogens with zero attached hydrogens (tertiary/aromatic N) is 1. The van der Waals surface area contributed by atoms with Gasteiger partial charge in [-0.25, -0.2) is 0 Å². The third-order valence-corrected chi connectivity index (χ3v) is 5.10. The Labute approximate surface area is 155 Å². The van der Waals surface area contributed by atoms with E-state index in [1.54, 1.807) is 0 Å². The van der Waals surface area contributed by atoms with Gasteiger partial charge in [0.25, 0.3) is 0 Å². The largest absolute Gasteiger partial charge is 0.356 e. The molecule has 1 atom stereocenters. The summed E-state index contributed by atoms with van der Waals surface area (Å²) in [6, 6.07) is 8.16. The number of guanidine groups is 1. The molecule has 2 fully saturated rings. The van der Waals surface area contributed by atoms with Crippen LogP contribution in [-0.2, 0) is 0 Å². The highest BCUT2D eigenvalue weighted by Crippen LogP contribution is 2.60. The van der Waals surface area contributed by atoms with Crippen molar-refractivity contribution in [3.8, 4) is 0 Å². The number of hydrogen-bond acceptors (Lipinski definition) is 1. The van der Waals surface area contributed by atoms with Gasteiger partial charge in [-0.1, -0.05) is 23.7 Å². The average molecular weight is 434 g/mol. The Morgan fingerprint density at radius 1 is 1.41 bits per heavy atom. The molecule has 0 radical (unpaired) electrons. The summed E-state index contributed by atoms with van der Waals surface area (Å²) in [4.78, 5) is 4.35. The third-order valence-electron chi connectivity index (χ3n) is 4.87. The van der Waals surface area contributed by atoms with Crippen molar-refractivity contribution in [3.63, 3.8) is 0 Å². The van der Waals surface area contributed by atoms with E-state index in [2.05, 4.69) is 28.6 Å². The summed E-state index contributed by atoms with van der Waals surface area (Å²) >= 11 is 6.06. The Balaban J connectivity index is 0.00000176. The fourth-order valence-corrected chi connectivity index (χ4v) is 3.30. The van der Waals surface area contributed by atoms with Crippen molar-refractivity contribution in [2.24, 2.45) is 16.3 Å². The maximum atomic E-state index is 6.06. The summed E-state index contributed by atoms with van der Waals surface area (Å²) < 4.78 is 0. The second kappa shape index (κ2) is 7.39. The van der Waals surface area contributed by atoms with E-state index in [1.807, 2.05) is 25.2 Å². The molecule has 0 aliphatic heterocycles. The molecule has 3 rings (SSSR count). The molecule has 0 aromatic heterocycles. The minimum Gasteiger partial charge on any atom is -0.356 e. The van der Waals surface area contributed by atoms with Gasteiger partial charge in [-0.05, 0) is 61.6 Å². The summed E-state index contributed by atoms with van der Waals surface area (Å²) in [6.07, 6.45) is 5.61. The van der Waals surface area contributed by atoms with Crippen LogP contribution >= 0.6 is 35.6 Å². The molecule has 5 heteroatoms. The molecule has 0 bridgehead atoms. The standard InChI is InChI=1S/C17H24ClN3.HI/c1-12(13-4-3-5-15(18)10-13)21-16(19-2)20-11-17(8-9-17)14-6-7-14;/h3-5,10,12,14H,6-9,11H2,1-2H3,(H2,19,20,21);1H. The Morgan fingerprint density at radius 2 is 2.14 bits per heavy atom. The van der Waals surface area contributed by atoms with Crippen LogP contribution in [0, 0.1) is 11.3 Å². The molecule has 1 unspecified atom stereocenters. The van der Waals surface area contributed by atoms with E-state index < -0.39 is 0 Å². The van der Waals surface area contributed by atoms with Crippen LogP contribution in [0.3, 0.4) is 0 Å². The molecule has 1 aromatic rings. The summed E-state index contributed by atoms with van der Waals surface area (Å²) in [6.45, 7) is 3.19. The number of rotatable bonds is 5. The van der Waals surface area contributed by atoms with E-state index >= 15 is 0 Å². The van der Waals surface area contributed by atoms with Crippen molar-refractivity contribution >= 4 is 41.5 Å². The molecule has 2 aliphatic carbocycles. The zero-order valence-corrected chi connectivity index (χ0v) is 16.3. The number of nitrogens with one attached hydrogen (secondary N) is 2. The lowest BCUT2D eigenvalue weighted by Crippen LogP contribution is -2.41. The molecule has 2 N–H and O–H groups in total. The quantitative estimate of drug-likeness (QED) is 0.411. The lowest BCUT2D eigenvalue weighted by atomic mass is 10.0. The predicted molar refractivity (Wildman–Crippen MR) is 104 cm³/mol. The normalized spacial score (nSPS) is 20.8. The molecule has 22 heavy (non-hydrogen) atoms. The first-order valence-corrected chi connectivity index (χ1v) is 8.23. The van der Waals surface area contributed by atoms with Crippen molar-refractivity contribution in [2.45, 2.75) is 38.6 Å². The molecule has 0 heterocycles. The first-order chi connectivity index (χ1) is 10.1. The van der Waals surface area contributed by atoms with E-state index in [9.17, 15) is 0 Å². The number of aliphatic imine (C=N–C) groups is 1. The summed E-state index contributed by atoms with van der Waals surface area (Å²) in [7, 11) is 1.83. The molecular formula is C17H25ClIN3. The molecule has 122 valence electrons. The lowest BCUT2D eigenvalue weighted by molar-refractivity contribution is 0.430. The van der Waals surface area contributed by atoms with Gasteiger partial charge in [0.1, 0.15) is 0 Å². The fraction of sp³-hybridized carbons (Fsp3) is 0.588. The SMILES string of the molecule is CN=C(NCC1(C2CC2)CC1)NC(C)c1cccc(Cl)c1.I. The van der Waals surface area contributed by atoms with Crippen LogP contribution in [0.4, 0.5) is 0 Å². The smallest absolute Gasteiger partial charge is 0.191 e. The van der Waals surface area contributed by atoms with E-state index in [0.29, 0.717) is 5.41 Å². The van der Waals surface area contributed by atoms with Gasteiger partial charge in [-0.3, -0.25) is 4.99 Å². The number of halogens is 2.